The van der Waals surface area contributed by atoms with Crippen LogP contribution in [0.1, 0.15) is 0 Å². The van der Waals surface area contributed by atoms with E-state index in [-0.39, 0.29) is 0 Å². The van der Waals surface area contributed by atoms with Crippen molar-refractivity contribution in [3.63, 3.8) is 0 Å². The molecule has 1 aromatic carbocycles. The molecule has 2 aromatic heterocycles. The predicted octanol–water partition coefficient (Wildman–Crippen LogP) is 3.25. The second-order valence-electron chi connectivity index (χ2n) is 2.90. The quantitative estimate of drug-likeness (QED) is 0.522. The number of nitrogens with zero attached hydrogens (tertiary/aromatic N) is 1. The first-order chi connectivity index (χ1) is 6.45. The van der Waals surface area contributed by atoms with Crippen LogP contribution < -0.4 is 0 Å². The molecule has 0 N–H and O–H groups in total. The maximum atomic E-state index is 3.99. The molecule has 61 valence electrons. The fourth-order valence-corrected chi connectivity index (χ4v) is 2.56. The zero-order valence-corrected chi connectivity index (χ0v) is 7.64. The van der Waals surface area contributed by atoms with E-state index in [1.54, 1.807) is 17.5 Å². The summed E-state index contributed by atoms with van der Waals surface area (Å²) in [7, 11) is 0. The number of aromatic nitrogens is 1. The number of thiophene rings is 1. The zero-order valence-electron chi connectivity index (χ0n) is 6.82. The first kappa shape index (κ1) is 7.04. The number of hydrogen-bond donors (Lipinski definition) is 0. The molecule has 0 amide bonds. The van der Waals surface area contributed by atoms with Gasteiger partial charge in [-0.3, -0.25) is 4.98 Å². The van der Waals surface area contributed by atoms with Crippen LogP contribution in [0.3, 0.4) is 0 Å². The summed E-state index contributed by atoms with van der Waals surface area (Å²) < 4.78 is 2.45. The van der Waals surface area contributed by atoms with Crippen molar-refractivity contribution >= 4 is 31.5 Å². The standard InChI is InChI=1S/C11H6NS/c1-2-4-10-8(3-1)9-5-6-12-7-11(9)13-10/h1-6H. The molecule has 0 aliphatic rings. The van der Waals surface area contributed by atoms with E-state index in [1.165, 1.54) is 15.5 Å². The van der Waals surface area contributed by atoms with Crippen LogP contribution in [0.25, 0.3) is 20.2 Å². The second kappa shape index (κ2) is 2.54. The van der Waals surface area contributed by atoms with E-state index < -0.39 is 0 Å². The van der Waals surface area contributed by atoms with Crippen molar-refractivity contribution < 1.29 is 0 Å². The highest BCUT2D eigenvalue weighted by atomic mass is 32.1. The molecule has 0 saturated heterocycles. The SMILES string of the molecule is [c]1nccc2c1sc1ccccc12. The van der Waals surface area contributed by atoms with Crippen LogP contribution in [-0.2, 0) is 0 Å². The van der Waals surface area contributed by atoms with Crippen LogP contribution in [0.4, 0.5) is 0 Å². The Morgan fingerprint density at radius 1 is 1.08 bits per heavy atom. The van der Waals surface area contributed by atoms with Gasteiger partial charge >= 0.3 is 0 Å². The lowest BCUT2D eigenvalue weighted by atomic mass is 10.2. The summed E-state index contributed by atoms with van der Waals surface area (Å²) in [6, 6.07) is 10.4. The minimum absolute atomic E-state index is 1.14. The second-order valence-corrected chi connectivity index (χ2v) is 3.95. The van der Waals surface area contributed by atoms with E-state index >= 15 is 0 Å². The van der Waals surface area contributed by atoms with Gasteiger partial charge in [0.1, 0.15) is 6.20 Å². The van der Waals surface area contributed by atoms with Gasteiger partial charge in [0.15, 0.2) is 0 Å². The van der Waals surface area contributed by atoms with E-state index in [0.29, 0.717) is 0 Å². The van der Waals surface area contributed by atoms with Crippen LogP contribution >= 0.6 is 11.3 Å². The molecule has 1 radical (unpaired) electrons. The number of fused-ring (bicyclic) bond motifs is 3. The van der Waals surface area contributed by atoms with Crippen molar-refractivity contribution in [2.75, 3.05) is 0 Å². The van der Waals surface area contributed by atoms with E-state index in [0.717, 1.165) is 4.70 Å². The molecule has 2 heteroatoms. The molecule has 0 atom stereocenters. The van der Waals surface area contributed by atoms with Crippen LogP contribution in [-0.4, -0.2) is 4.98 Å². The Kier molecular flexibility index (Phi) is 1.37. The minimum Gasteiger partial charge on any atom is -0.253 e. The number of hydrogen-bond acceptors (Lipinski definition) is 2. The van der Waals surface area contributed by atoms with Gasteiger partial charge in [-0.1, -0.05) is 18.2 Å². The van der Waals surface area contributed by atoms with Gasteiger partial charge in [0.2, 0.25) is 0 Å². The topological polar surface area (TPSA) is 12.9 Å². The van der Waals surface area contributed by atoms with E-state index in [2.05, 4.69) is 35.4 Å². The Bertz CT molecular complexity index is 518. The van der Waals surface area contributed by atoms with Gasteiger partial charge in [-0.2, -0.15) is 0 Å². The minimum atomic E-state index is 1.14. The average Bonchev–Trinajstić information content (AvgIpc) is 2.56. The summed E-state index contributed by atoms with van der Waals surface area (Å²) in [4.78, 5) is 3.99. The van der Waals surface area contributed by atoms with Crippen molar-refractivity contribution in [1.82, 2.24) is 4.98 Å². The lowest BCUT2D eigenvalue weighted by Gasteiger charge is -1.87. The van der Waals surface area contributed by atoms with Crippen LogP contribution in [0.5, 0.6) is 0 Å². The van der Waals surface area contributed by atoms with Crippen molar-refractivity contribution in [3.05, 3.63) is 42.7 Å². The summed E-state index contributed by atoms with van der Waals surface area (Å²) in [5, 5.41) is 2.57. The molecule has 0 saturated carbocycles. The number of rotatable bonds is 0. The number of pyridine rings is 1. The first-order valence-electron chi connectivity index (χ1n) is 4.09. The molecule has 0 unspecified atom stereocenters. The first-order valence-corrected chi connectivity index (χ1v) is 4.91. The molecule has 0 bridgehead atoms. The molecule has 0 aliphatic heterocycles. The smallest absolute Gasteiger partial charge is 0.108 e. The van der Waals surface area contributed by atoms with Gasteiger partial charge in [-0.05, 0) is 12.1 Å². The van der Waals surface area contributed by atoms with Gasteiger partial charge < -0.3 is 0 Å². The van der Waals surface area contributed by atoms with Gasteiger partial charge in [-0.15, -0.1) is 11.3 Å². The Hall–Kier alpha value is -1.41. The summed E-state index contributed by atoms with van der Waals surface area (Å²) in [5.41, 5.74) is 0. The van der Waals surface area contributed by atoms with Crippen molar-refractivity contribution in [2.24, 2.45) is 0 Å². The third-order valence-corrected chi connectivity index (χ3v) is 3.21. The molecule has 3 aromatic rings. The molecular formula is C11H6NS. The highest BCUT2D eigenvalue weighted by Gasteiger charge is 2.02. The van der Waals surface area contributed by atoms with Gasteiger partial charge in [0.05, 0.1) is 4.70 Å². The van der Waals surface area contributed by atoms with Crippen LogP contribution in [0.2, 0.25) is 0 Å². The van der Waals surface area contributed by atoms with Gasteiger partial charge in [0.25, 0.3) is 0 Å². The molecule has 3 rings (SSSR count). The van der Waals surface area contributed by atoms with E-state index in [9.17, 15) is 0 Å². The highest BCUT2D eigenvalue weighted by molar-refractivity contribution is 7.25. The zero-order chi connectivity index (χ0) is 8.67. The third kappa shape index (κ3) is 0.956. The fraction of sp³-hybridized carbons (Fsp3) is 0. The van der Waals surface area contributed by atoms with E-state index in [4.69, 9.17) is 0 Å². The van der Waals surface area contributed by atoms with Gasteiger partial charge in [0, 0.05) is 21.7 Å². The molecule has 0 spiro atoms. The predicted molar refractivity (Wildman–Crippen MR) is 56.0 cm³/mol. The average molecular weight is 184 g/mol. The molecule has 1 nitrogen and oxygen atoms in total. The Balaban J connectivity index is 2.64. The van der Waals surface area contributed by atoms with Crippen molar-refractivity contribution in [1.29, 1.82) is 0 Å². The summed E-state index contributed by atoms with van der Waals surface area (Å²) in [5.74, 6) is 0. The Morgan fingerprint density at radius 2 is 2.00 bits per heavy atom. The van der Waals surface area contributed by atoms with E-state index in [1.807, 2.05) is 6.07 Å². The number of benzene rings is 1. The molecule has 0 fully saturated rings. The summed E-state index contributed by atoms with van der Waals surface area (Å²) >= 11 is 1.74. The Labute approximate surface area is 79.7 Å². The highest BCUT2D eigenvalue weighted by Crippen LogP contribution is 2.32. The lowest BCUT2D eigenvalue weighted by molar-refractivity contribution is 1.36. The van der Waals surface area contributed by atoms with Crippen molar-refractivity contribution in [3.8, 4) is 0 Å². The maximum Gasteiger partial charge on any atom is 0.108 e. The fourth-order valence-electron chi connectivity index (χ4n) is 1.52. The van der Waals surface area contributed by atoms with Crippen LogP contribution in [0, 0.1) is 6.20 Å². The molecular weight excluding hydrogens is 178 g/mol. The molecule has 2 heterocycles. The third-order valence-electron chi connectivity index (χ3n) is 2.12. The largest absolute Gasteiger partial charge is 0.253 e. The summed E-state index contributed by atoms with van der Waals surface area (Å²) in [6.45, 7) is 0. The normalized spacial score (nSPS) is 11.1. The lowest BCUT2D eigenvalue weighted by Crippen LogP contribution is -1.67. The van der Waals surface area contributed by atoms with Crippen molar-refractivity contribution in [2.45, 2.75) is 0 Å². The molecule has 0 aliphatic carbocycles. The maximum absolute atomic E-state index is 3.99. The molecule has 13 heavy (non-hydrogen) atoms. The monoisotopic (exact) mass is 184 g/mol. The Morgan fingerprint density at radius 3 is 3.00 bits per heavy atom. The van der Waals surface area contributed by atoms with Gasteiger partial charge in [-0.25, -0.2) is 0 Å². The van der Waals surface area contributed by atoms with Crippen LogP contribution in [0.15, 0.2) is 36.5 Å². The summed E-state index contributed by atoms with van der Waals surface area (Å²) in [6.07, 6.45) is 4.80.